The minimum absolute atomic E-state index is 0.0327. The molecular weight excluding hydrogens is 399 g/mol. The maximum absolute atomic E-state index is 13.5. The van der Waals surface area contributed by atoms with Crippen LogP contribution in [0.3, 0.4) is 0 Å². The first-order chi connectivity index (χ1) is 14.5. The first-order valence-electron chi connectivity index (χ1n) is 10.5. The first kappa shape index (κ1) is 20.7. The van der Waals surface area contributed by atoms with Crippen LogP contribution >= 0.6 is 11.3 Å². The van der Waals surface area contributed by atoms with E-state index in [1.165, 1.54) is 11.3 Å². The van der Waals surface area contributed by atoms with Crippen molar-refractivity contribution in [3.8, 4) is 0 Å². The van der Waals surface area contributed by atoms with E-state index < -0.39 is 6.17 Å². The van der Waals surface area contributed by atoms with Crippen LogP contribution in [-0.2, 0) is 0 Å². The Hall–Kier alpha value is -2.54. The van der Waals surface area contributed by atoms with E-state index in [0.29, 0.717) is 18.7 Å². The van der Waals surface area contributed by atoms with Gasteiger partial charge in [0.1, 0.15) is 17.7 Å². The molecule has 2 aliphatic rings. The molecule has 4 rings (SSSR count). The summed E-state index contributed by atoms with van der Waals surface area (Å²) in [4.78, 5) is 25.4. The summed E-state index contributed by atoms with van der Waals surface area (Å²) in [5.74, 6) is 0.797. The average molecular weight is 427 g/mol. The monoisotopic (exact) mass is 426 g/mol. The highest BCUT2D eigenvalue weighted by Crippen LogP contribution is 2.32. The lowest BCUT2D eigenvalue weighted by Crippen LogP contribution is -2.47. The number of carbonyl (C=O) groups is 1. The third-order valence-electron chi connectivity index (χ3n) is 5.54. The highest BCUT2D eigenvalue weighted by molar-refractivity contribution is 7.13. The van der Waals surface area contributed by atoms with E-state index >= 15 is 0 Å². The molecule has 7 heteroatoms. The van der Waals surface area contributed by atoms with Crippen molar-refractivity contribution < 1.29 is 9.18 Å². The van der Waals surface area contributed by atoms with Crippen LogP contribution in [0.5, 0.6) is 0 Å². The number of anilines is 1. The van der Waals surface area contributed by atoms with Gasteiger partial charge in [0.15, 0.2) is 0 Å². The van der Waals surface area contributed by atoms with Crippen molar-refractivity contribution in [2.75, 3.05) is 18.4 Å². The van der Waals surface area contributed by atoms with Crippen molar-refractivity contribution in [1.29, 1.82) is 0 Å². The van der Waals surface area contributed by atoms with Crippen LogP contribution in [0.1, 0.15) is 51.8 Å². The molecule has 3 heterocycles. The zero-order valence-electron chi connectivity index (χ0n) is 17.4. The number of allylic oxidation sites excluding steroid dienone is 4. The lowest BCUT2D eigenvalue weighted by Gasteiger charge is -2.35. The lowest BCUT2D eigenvalue weighted by atomic mass is 10.00. The van der Waals surface area contributed by atoms with Crippen LogP contribution in [0, 0.1) is 13.8 Å². The number of pyridine rings is 1. The van der Waals surface area contributed by atoms with Crippen molar-refractivity contribution in [2.45, 2.75) is 51.7 Å². The molecule has 2 unspecified atom stereocenters. The molecule has 1 amide bonds. The summed E-state index contributed by atoms with van der Waals surface area (Å²) in [6.07, 6.45) is 7.65. The van der Waals surface area contributed by atoms with E-state index in [-0.39, 0.29) is 11.9 Å². The summed E-state index contributed by atoms with van der Waals surface area (Å²) < 4.78 is 13.5. The van der Waals surface area contributed by atoms with Crippen molar-refractivity contribution in [3.05, 3.63) is 57.7 Å². The molecule has 0 saturated carbocycles. The molecule has 2 aromatic rings. The highest BCUT2D eigenvalue weighted by Gasteiger charge is 2.31. The normalized spacial score (nSPS) is 21.4. The van der Waals surface area contributed by atoms with Crippen LogP contribution in [-0.4, -0.2) is 46.1 Å². The smallest absolute Gasteiger partial charge is 0.274 e. The Kier molecular flexibility index (Phi) is 6.27. The van der Waals surface area contributed by atoms with E-state index in [1.54, 1.807) is 12.2 Å². The number of hydrogen-bond donors (Lipinski definition) is 1. The van der Waals surface area contributed by atoms with Crippen LogP contribution in [0.2, 0.25) is 0 Å². The van der Waals surface area contributed by atoms with Gasteiger partial charge in [0.2, 0.25) is 0 Å². The Bertz CT molecular complexity index is 983. The van der Waals surface area contributed by atoms with Gasteiger partial charge >= 0.3 is 0 Å². The van der Waals surface area contributed by atoms with Crippen molar-refractivity contribution >= 4 is 28.6 Å². The Morgan fingerprint density at radius 1 is 1.30 bits per heavy atom. The summed E-state index contributed by atoms with van der Waals surface area (Å²) in [6, 6.07) is 5.98. The number of piperidine rings is 1. The number of nitrogens with zero attached hydrogens (tertiary/aromatic N) is 3. The molecule has 1 N–H and O–H groups in total. The van der Waals surface area contributed by atoms with Gasteiger partial charge in [-0.2, -0.15) is 0 Å². The predicted octanol–water partition coefficient (Wildman–Crippen LogP) is 4.94. The Morgan fingerprint density at radius 3 is 2.93 bits per heavy atom. The molecule has 0 bridgehead atoms. The van der Waals surface area contributed by atoms with Gasteiger partial charge in [-0.25, -0.2) is 14.4 Å². The fourth-order valence-corrected chi connectivity index (χ4v) is 4.94. The van der Waals surface area contributed by atoms with E-state index in [0.717, 1.165) is 52.8 Å². The maximum atomic E-state index is 13.5. The van der Waals surface area contributed by atoms with Gasteiger partial charge in [-0.3, -0.25) is 4.79 Å². The zero-order chi connectivity index (χ0) is 21.1. The number of amides is 1. The van der Waals surface area contributed by atoms with Crippen LogP contribution in [0.25, 0.3) is 5.57 Å². The topological polar surface area (TPSA) is 58.1 Å². The standard InChI is InChI=1S/C23H27FN4OS/c1-15-6-5-8-20(26-15)25-14-19-7-3-4-13-28(19)23(29)21-22(30-16(2)27-21)17-9-11-18(24)12-10-17/h5-6,8-11,18-19H,3-4,7,12-14H2,1-2H3,(H,25,26). The molecule has 1 saturated heterocycles. The van der Waals surface area contributed by atoms with E-state index in [2.05, 4.69) is 15.3 Å². The summed E-state index contributed by atoms with van der Waals surface area (Å²) in [5.41, 5.74) is 2.35. The zero-order valence-corrected chi connectivity index (χ0v) is 18.2. The van der Waals surface area contributed by atoms with Gasteiger partial charge in [-0.15, -0.1) is 11.3 Å². The van der Waals surface area contributed by atoms with Crippen molar-refractivity contribution in [2.24, 2.45) is 0 Å². The molecule has 30 heavy (non-hydrogen) atoms. The molecule has 1 aliphatic heterocycles. The molecule has 0 radical (unpaired) electrons. The number of hydrogen-bond acceptors (Lipinski definition) is 5. The predicted molar refractivity (Wildman–Crippen MR) is 120 cm³/mol. The molecule has 158 valence electrons. The van der Waals surface area contributed by atoms with E-state index in [9.17, 15) is 9.18 Å². The number of halogens is 1. The number of carbonyl (C=O) groups excluding carboxylic acids is 1. The largest absolute Gasteiger partial charge is 0.368 e. The summed E-state index contributed by atoms with van der Waals surface area (Å²) >= 11 is 1.50. The van der Waals surface area contributed by atoms with Crippen molar-refractivity contribution in [1.82, 2.24) is 14.9 Å². The highest BCUT2D eigenvalue weighted by atomic mass is 32.1. The first-order valence-corrected chi connectivity index (χ1v) is 11.3. The third kappa shape index (κ3) is 4.61. The average Bonchev–Trinajstić information content (AvgIpc) is 3.14. The lowest BCUT2D eigenvalue weighted by molar-refractivity contribution is 0.0622. The summed E-state index contributed by atoms with van der Waals surface area (Å²) in [6.45, 7) is 5.26. The fourth-order valence-electron chi connectivity index (χ4n) is 4.01. The SMILES string of the molecule is Cc1cccc(NCC2CCCCN2C(=O)c2nc(C)sc2C2=CCC(F)C=C2)n1. The van der Waals surface area contributed by atoms with Crippen molar-refractivity contribution in [3.63, 3.8) is 0 Å². The molecule has 1 aliphatic carbocycles. The van der Waals surface area contributed by atoms with Crippen LogP contribution in [0.4, 0.5) is 10.2 Å². The number of aryl methyl sites for hydroxylation is 2. The minimum Gasteiger partial charge on any atom is -0.368 e. The Balaban J connectivity index is 1.53. The molecule has 2 atom stereocenters. The molecule has 0 spiro atoms. The quantitative estimate of drug-likeness (QED) is 0.735. The van der Waals surface area contributed by atoms with Crippen LogP contribution in [0.15, 0.2) is 36.4 Å². The van der Waals surface area contributed by atoms with Gasteiger partial charge in [0, 0.05) is 31.2 Å². The van der Waals surface area contributed by atoms with Gasteiger partial charge in [0.05, 0.1) is 9.88 Å². The Labute approximate surface area is 180 Å². The minimum atomic E-state index is -0.949. The molecule has 1 fully saturated rings. The second kappa shape index (κ2) is 9.08. The molecule has 2 aromatic heterocycles. The Morgan fingerprint density at radius 2 is 2.17 bits per heavy atom. The summed E-state index contributed by atoms with van der Waals surface area (Å²) in [7, 11) is 0. The number of nitrogens with one attached hydrogen (secondary N) is 1. The second-order valence-electron chi connectivity index (χ2n) is 7.87. The molecule has 0 aromatic carbocycles. The molecule has 5 nitrogen and oxygen atoms in total. The number of aromatic nitrogens is 2. The van der Waals surface area contributed by atoms with E-state index in [4.69, 9.17) is 0 Å². The van der Waals surface area contributed by atoms with E-state index in [1.807, 2.05) is 43.0 Å². The third-order valence-corrected chi connectivity index (χ3v) is 6.56. The van der Waals surface area contributed by atoms with Crippen LogP contribution < -0.4 is 5.32 Å². The second-order valence-corrected chi connectivity index (χ2v) is 9.08. The number of alkyl halides is 1. The maximum Gasteiger partial charge on any atom is 0.274 e. The molecular formula is C23H27FN4OS. The van der Waals surface area contributed by atoms with Gasteiger partial charge in [-0.05, 0) is 56.9 Å². The summed E-state index contributed by atoms with van der Waals surface area (Å²) in [5, 5.41) is 4.24. The fraction of sp³-hybridized carbons (Fsp3) is 0.435. The van der Waals surface area contributed by atoms with Gasteiger partial charge in [-0.1, -0.05) is 18.2 Å². The number of likely N-dealkylation sites (tertiary alicyclic amines) is 1. The number of thiazole rings is 1. The number of rotatable bonds is 5. The van der Waals surface area contributed by atoms with Gasteiger partial charge < -0.3 is 10.2 Å². The van der Waals surface area contributed by atoms with Gasteiger partial charge in [0.25, 0.3) is 5.91 Å².